The van der Waals surface area contributed by atoms with E-state index in [0.717, 1.165) is 4.88 Å². The van der Waals surface area contributed by atoms with Gasteiger partial charge in [0.05, 0.1) is 17.9 Å². The molecular weight excluding hydrogens is 238 g/mol. The second-order valence-electron chi connectivity index (χ2n) is 3.69. The van der Waals surface area contributed by atoms with Gasteiger partial charge < -0.3 is 9.64 Å². The fraction of sp³-hybridized carbons (Fsp3) is 0.500. The molecule has 1 aromatic heterocycles. The van der Waals surface area contributed by atoms with E-state index in [-0.39, 0.29) is 18.3 Å². The molecule has 0 saturated heterocycles. The lowest BCUT2D eigenvalue weighted by molar-refractivity contribution is -0.143. The van der Waals surface area contributed by atoms with Gasteiger partial charge in [0.25, 0.3) is 5.91 Å². The highest BCUT2D eigenvalue weighted by molar-refractivity contribution is 7.13. The molecule has 1 rings (SSSR count). The first-order chi connectivity index (χ1) is 8.04. The van der Waals surface area contributed by atoms with Crippen molar-refractivity contribution in [3.63, 3.8) is 0 Å². The number of carbonyl (C=O) groups excluding carboxylic acids is 2. The van der Waals surface area contributed by atoms with Crippen LogP contribution >= 0.6 is 11.3 Å². The summed E-state index contributed by atoms with van der Waals surface area (Å²) < 4.78 is 4.81. The summed E-state index contributed by atoms with van der Waals surface area (Å²) >= 11 is 1.46. The monoisotopic (exact) mass is 255 g/mol. The Kier molecular flexibility index (Phi) is 5.15. The summed E-state index contributed by atoms with van der Waals surface area (Å²) in [6, 6.07) is 3.72. The number of ether oxygens (including phenoxy) is 1. The van der Waals surface area contributed by atoms with Gasteiger partial charge >= 0.3 is 5.97 Å². The molecule has 0 spiro atoms. The molecule has 0 N–H and O–H groups in total. The van der Waals surface area contributed by atoms with Gasteiger partial charge in [-0.3, -0.25) is 9.59 Å². The van der Waals surface area contributed by atoms with E-state index in [4.69, 9.17) is 4.74 Å². The van der Waals surface area contributed by atoms with Crippen molar-refractivity contribution in [3.05, 3.63) is 21.9 Å². The maximum Gasteiger partial charge on any atom is 0.307 e. The average molecular weight is 255 g/mol. The van der Waals surface area contributed by atoms with Crippen molar-refractivity contribution >= 4 is 23.2 Å². The van der Waals surface area contributed by atoms with Gasteiger partial charge in [-0.25, -0.2) is 0 Å². The Morgan fingerprint density at radius 2 is 2.12 bits per heavy atom. The van der Waals surface area contributed by atoms with E-state index in [2.05, 4.69) is 0 Å². The summed E-state index contributed by atoms with van der Waals surface area (Å²) in [4.78, 5) is 26.4. The Bertz CT molecular complexity index is 400. The molecule has 0 radical (unpaired) electrons. The maximum absolute atomic E-state index is 11.9. The minimum atomic E-state index is -0.269. The summed E-state index contributed by atoms with van der Waals surface area (Å²) in [5.74, 6) is -0.318. The van der Waals surface area contributed by atoms with Crippen LogP contribution in [-0.2, 0) is 9.53 Å². The second kappa shape index (κ2) is 6.39. The topological polar surface area (TPSA) is 46.6 Å². The minimum absolute atomic E-state index is 0.0487. The minimum Gasteiger partial charge on any atom is -0.466 e. The SMILES string of the molecule is CCOC(=O)CCN(C)C(=O)c1ccc(C)s1. The molecule has 1 heterocycles. The predicted molar refractivity (Wildman–Crippen MR) is 67.3 cm³/mol. The Labute approximate surface area is 105 Å². The van der Waals surface area contributed by atoms with Crippen LogP contribution < -0.4 is 0 Å². The predicted octanol–water partition coefficient (Wildman–Crippen LogP) is 2.08. The Morgan fingerprint density at radius 3 is 2.65 bits per heavy atom. The Balaban J connectivity index is 2.45. The molecule has 4 nitrogen and oxygen atoms in total. The number of hydrogen-bond donors (Lipinski definition) is 0. The zero-order valence-electron chi connectivity index (χ0n) is 10.4. The highest BCUT2D eigenvalue weighted by Crippen LogP contribution is 2.16. The van der Waals surface area contributed by atoms with Gasteiger partial charge in [0.15, 0.2) is 0 Å². The lowest BCUT2D eigenvalue weighted by Gasteiger charge is -2.15. The van der Waals surface area contributed by atoms with Crippen molar-refractivity contribution in [1.82, 2.24) is 4.90 Å². The van der Waals surface area contributed by atoms with Crippen LogP contribution in [0.3, 0.4) is 0 Å². The lowest BCUT2D eigenvalue weighted by Crippen LogP contribution is -2.28. The Morgan fingerprint density at radius 1 is 1.41 bits per heavy atom. The highest BCUT2D eigenvalue weighted by Gasteiger charge is 2.14. The van der Waals surface area contributed by atoms with Crippen LogP contribution in [0.4, 0.5) is 0 Å². The lowest BCUT2D eigenvalue weighted by atomic mass is 10.3. The van der Waals surface area contributed by atoms with Crippen LogP contribution in [0.25, 0.3) is 0 Å². The van der Waals surface area contributed by atoms with Gasteiger partial charge in [0.2, 0.25) is 0 Å². The molecule has 0 aromatic carbocycles. The molecule has 5 heteroatoms. The molecular formula is C12H17NO3S. The van der Waals surface area contributed by atoms with Crippen LogP contribution in [0.15, 0.2) is 12.1 Å². The van der Waals surface area contributed by atoms with Gasteiger partial charge in [-0.15, -0.1) is 11.3 Å². The standard InChI is InChI=1S/C12H17NO3S/c1-4-16-11(14)7-8-13(3)12(15)10-6-5-9(2)17-10/h5-6H,4,7-8H2,1-3H3. The highest BCUT2D eigenvalue weighted by atomic mass is 32.1. The fourth-order valence-corrected chi connectivity index (χ4v) is 2.19. The molecule has 1 amide bonds. The van der Waals surface area contributed by atoms with Crippen LogP contribution in [0.5, 0.6) is 0 Å². The van der Waals surface area contributed by atoms with Crippen LogP contribution in [-0.4, -0.2) is 37.0 Å². The van der Waals surface area contributed by atoms with E-state index in [1.807, 2.05) is 19.1 Å². The van der Waals surface area contributed by atoms with E-state index in [1.165, 1.54) is 11.3 Å². The number of rotatable bonds is 5. The van der Waals surface area contributed by atoms with Crippen molar-refractivity contribution in [2.45, 2.75) is 20.3 Å². The molecule has 0 bridgehead atoms. The number of carbonyl (C=O) groups is 2. The van der Waals surface area contributed by atoms with Gasteiger partial charge in [-0.05, 0) is 26.0 Å². The molecule has 0 aliphatic carbocycles. The normalized spacial score (nSPS) is 10.1. The first-order valence-corrected chi connectivity index (χ1v) is 6.33. The molecule has 0 atom stereocenters. The third-order valence-electron chi connectivity index (χ3n) is 2.25. The third kappa shape index (κ3) is 4.19. The summed E-state index contributed by atoms with van der Waals surface area (Å²) in [6.07, 6.45) is 0.237. The van der Waals surface area contributed by atoms with Crippen molar-refractivity contribution in [2.24, 2.45) is 0 Å². The summed E-state index contributed by atoms with van der Waals surface area (Å²) in [6.45, 7) is 4.48. The van der Waals surface area contributed by atoms with Crippen molar-refractivity contribution < 1.29 is 14.3 Å². The first-order valence-electron chi connectivity index (χ1n) is 5.52. The van der Waals surface area contributed by atoms with Gasteiger partial charge in [0, 0.05) is 18.5 Å². The van der Waals surface area contributed by atoms with Crippen LogP contribution in [0, 0.1) is 6.92 Å². The average Bonchev–Trinajstić information content (AvgIpc) is 2.72. The first kappa shape index (κ1) is 13.7. The van der Waals surface area contributed by atoms with Crippen molar-refractivity contribution in [3.8, 4) is 0 Å². The molecule has 0 aliphatic rings. The smallest absolute Gasteiger partial charge is 0.307 e. The third-order valence-corrected chi connectivity index (χ3v) is 3.24. The van der Waals surface area contributed by atoms with Gasteiger partial charge in [-0.1, -0.05) is 0 Å². The van der Waals surface area contributed by atoms with E-state index in [9.17, 15) is 9.59 Å². The maximum atomic E-state index is 11.9. The number of nitrogens with zero attached hydrogens (tertiary/aromatic N) is 1. The molecule has 17 heavy (non-hydrogen) atoms. The van der Waals surface area contributed by atoms with Gasteiger partial charge in [0.1, 0.15) is 0 Å². The van der Waals surface area contributed by atoms with E-state index < -0.39 is 0 Å². The largest absolute Gasteiger partial charge is 0.466 e. The van der Waals surface area contributed by atoms with Gasteiger partial charge in [-0.2, -0.15) is 0 Å². The molecule has 1 aromatic rings. The molecule has 94 valence electrons. The number of hydrogen-bond acceptors (Lipinski definition) is 4. The quantitative estimate of drug-likeness (QED) is 0.757. The number of thiophene rings is 1. The van der Waals surface area contributed by atoms with E-state index in [1.54, 1.807) is 18.9 Å². The summed E-state index contributed by atoms with van der Waals surface area (Å²) in [7, 11) is 1.69. The van der Waals surface area contributed by atoms with Crippen molar-refractivity contribution in [1.29, 1.82) is 0 Å². The van der Waals surface area contributed by atoms with E-state index >= 15 is 0 Å². The van der Waals surface area contributed by atoms with Crippen LogP contribution in [0.2, 0.25) is 0 Å². The zero-order valence-corrected chi connectivity index (χ0v) is 11.2. The van der Waals surface area contributed by atoms with Crippen molar-refractivity contribution in [2.75, 3.05) is 20.2 Å². The number of esters is 1. The summed E-state index contributed by atoms with van der Waals surface area (Å²) in [5.41, 5.74) is 0. The summed E-state index contributed by atoms with van der Waals surface area (Å²) in [5, 5.41) is 0. The second-order valence-corrected chi connectivity index (χ2v) is 4.98. The molecule has 0 fully saturated rings. The zero-order chi connectivity index (χ0) is 12.8. The number of amides is 1. The van der Waals surface area contributed by atoms with Crippen LogP contribution in [0.1, 0.15) is 27.9 Å². The fourth-order valence-electron chi connectivity index (χ4n) is 1.33. The molecule has 0 unspecified atom stereocenters. The molecule has 0 saturated carbocycles. The number of aryl methyl sites for hydroxylation is 1. The van der Waals surface area contributed by atoms with E-state index in [0.29, 0.717) is 18.0 Å². The Hall–Kier alpha value is -1.36. The molecule has 0 aliphatic heterocycles.